The van der Waals surface area contributed by atoms with Gasteiger partial charge in [-0.25, -0.2) is 16.8 Å². The van der Waals surface area contributed by atoms with Crippen LogP contribution in [0.25, 0.3) is 0 Å². The van der Waals surface area contributed by atoms with Crippen molar-refractivity contribution in [3.05, 3.63) is 88.9 Å². The van der Waals surface area contributed by atoms with E-state index in [1.54, 1.807) is 43.3 Å². The molecule has 0 aliphatic carbocycles. The summed E-state index contributed by atoms with van der Waals surface area (Å²) < 4.78 is 66.0. The average Bonchev–Trinajstić information content (AvgIpc) is 2.98. The van der Waals surface area contributed by atoms with Crippen LogP contribution in [-0.2, 0) is 42.7 Å². The van der Waals surface area contributed by atoms with Crippen LogP contribution in [0, 0.1) is 0 Å². The number of sulfonamides is 2. The van der Waals surface area contributed by atoms with Crippen LogP contribution in [0.3, 0.4) is 0 Å². The number of ether oxygens (including phenoxy) is 2. The van der Waals surface area contributed by atoms with Gasteiger partial charge in [0.25, 0.3) is 0 Å². The quantitative estimate of drug-likeness (QED) is 0.329. The highest BCUT2D eigenvalue weighted by Gasteiger charge is 2.28. The minimum atomic E-state index is -4.11. The zero-order chi connectivity index (χ0) is 29.5. The fourth-order valence-corrected chi connectivity index (χ4v) is 7.33. The molecule has 220 valence electrons. The molecule has 1 aliphatic rings. The third kappa shape index (κ3) is 7.85. The van der Waals surface area contributed by atoms with Crippen molar-refractivity contribution in [2.75, 3.05) is 39.5 Å². The SMILES string of the molecule is CCOc1ccc(S(=O)(=O)N(CC(=O)NCc2ccc(S(=O)(=O)N3CCOCC3)cc2)Cc2ccccc2)cc1Cl. The molecule has 0 unspecified atom stereocenters. The largest absolute Gasteiger partial charge is 0.492 e. The number of nitrogens with one attached hydrogen (secondary N) is 1. The second-order valence-corrected chi connectivity index (χ2v) is 13.5. The second kappa shape index (κ2) is 13.8. The molecule has 41 heavy (non-hydrogen) atoms. The van der Waals surface area contributed by atoms with Crippen LogP contribution in [0.1, 0.15) is 18.1 Å². The molecule has 0 spiro atoms. The van der Waals surface area contributed by atoms with E-state index in [4.69, 9.17) is 21.1 Å². The third-order valence-electron chi connectivity index (χ3n) is 6.38. The van der Waals surface area contributed by atoms with E-state index in [1.807, 2.05) is 6.07 Å². The number of rotatable bonds is 12. The van der Waals surface area contributed by atoms with E-state index in [-0.39, 0.29) is 27.9 Å². The van der Waals surface area contributed by atoms with Crippen molar-refractivity contribution in [2.24, 2.45) is 0 Å². The number of amides is 1. The number of carbonyl (C=O) groups excluding carboxylic acids is 1. The van der Waals surface area contributed by atoms with E-state index >= 15 is 0 Å². The average molecular weight is 622 g/mol. The molecule has 0 aromatic heterocycles. The van der Waals surface area contributed by atoms with Gasteiger partial charge in [-0.2, -0.15) is 8.61 Å². The Morgan fingerprint density at radius 2 is 1.61 bits per heavy atom. The van der Waals surface area contributed by atoms with Crippen molar-refractivity contribution < 1.29 is 31.1 Å². The first-order chi connectivity index (χ1) is 19.6. The summed E-state index contributed by atoms with van der Waals surface area (Å²) in [4.78, 5) is 13.0. The second-order valence-electron chi connectivity index (χ2n) is 9.22. The van der Waals surface area contributed by atoms with Crippen LogP contribution < -0.4 is 10.1 Å². The van der Waals surface area contributed by atoms with Gasteiger partial charge in [0.05, 0.1) is 41.2 Å². The van der Waals surface area contributed by atoms with Crippen molar-refractivity contribution in [3.63, 3.8) is 0 Å². The Balaban J connectivity index is 1.46. The summed E-state index contributed by atoms with van der Waals surface area (Å²) in [5.74, 6) is -0.157. The van der Waals surface area contributed by atoms with E-state index in [0.717, 1.165) is 4.31 Å². The summed E-state index contributed by atoms with van der Waals surface area (Å²) in [5, 5.41) is 2.88. The molecule has 10 nitrogen and oxygen atoms in total. The maximum absolute atomic E-state index is 13.6. The van der Waals surface area contributed by atoms with Gasteiger partial charge in [-0.05, 0) is 48.4 Å². The molecule has 0 radical (unpaired) electrons. The molecule has 1 saturated heterocycles. The Morgan fingerprint density at radius 1 is 0.951 bits per heavy atom. The lowest BCUT2D eigenvalue weighted by molar-refractivity contribution is -0.121. The first kappa shape index (κ1) is 30.9. The predicted octanol–water partition coefficient (Wildman–Crippen LogP) is 3.27. The standard InChI is InChI=1S/C28H32ClN3O7S2/c1-2-39-27-13-12-25(18-26(27)29)41(36,37)32(20-23-6-4-3-5-7-23)21-28(33)30-19-22-8-10-24(11-9-22)40(34,35)31-14-16-38-17-15-31/h3-13,18H,2,14-17,19-21H2,1H3,(H,30,33). The number of morpholine rings is 1. The van der Waals surface area contributed by atoms with Crippen LogP contribution in [0.2, 0.25) is 5.02 Å². The van der Waals surface area contributed by atoms with Gasteiger partial charge in [-0.15, -0.1) is 0 Å². The highest BCUT2D eigenvalue weighted by Crippen LogP contribution is 2.29. The first-order valence-electron chi connectivity index (χ1n) is 13.0. The van der Waals surface area contributed by atoms with Crippen molar-refractivity contribution in [1.29, 1.82) is 0 Å². The van der Waals surface area contributed by atoms with E-state index in [1.165, 1.54) is 34.6 Å². The lowest BCUT2D eigenvalue weighted by atomic mass is 10.2. The van der Waals surface area contributed by atoms with E-state index in [0.29, 0.717) is 49.8 Å². The maximum atomic E-state index is 13.6. The maximum Gasteiger partial charge on any atom is 0.243 e. The van der Waals surface area contributed by atoms with E-state index in [2.05, 4.69) is 5.32 Å². The van der Waals surface area contributed by atoms with Gasteiger partial charge in [0.2, 0.25) is 26.0 Å². The van der Waals surface area contributed by atoms with Crippen LogP contribution in [0.4, 0.5) is 0 Å². The molecule has 4 rings (SSSR count). The van der Waals surface area contributed by atoms with Crippen LogP contribution >= 0.6 is 11.6 Å². The number of nitrogens with zero attached hydrogens (tertiary/aromatic N) is 2. The molecule has 1 amide bonds. The highest BCUT2D eigenvalue weighted by atomic mass is 35.5. The summed E-state index contributed by atoms with van der Waals surface area (Å²) >= 11 is 6.25. The summed E-state index contributed by atoms with van der Waals surface area (Å²) in [6, 6.07) is 19.4. The zero-order valence-corrected chi connectivity index (χ0v) is 24.9. The van der Waals surface area contributed by atoms with Gasteiger partial charge in [0, 0.05) is 26.2 Å². The van der Waals surface area contributed by atoms with Gasteiger partial charge in [-0.1, -0.05) is 54.1 Å². The third-order valence-corrected chi connectivity index (χ3v) is 10.4. The van der Waals surface area contributed by atoms with Crippen molar-refractivity contribution in [2.45, 2.75) is 29.8 Å². The molecule has 3 aromatic carbocycles. The Hall–Kier alpha value is -3.00. The van der Waals surface area contributed by atoms with Gasteiger partial charge < -0.3 is 14.8 Å². The van der Waals surface area contributed by atoms with E-state index in [9.17, 15) is 21.6 Å². The monoisotopic (exact) mass is 621 g/mol. The molecule has 0 atom stereocenters. The Bertz CT molecular complexity index is 1550. The van der Waals surface area contributed by atoms with Crippen LogP contribution in [0.15, 0.2) is 82.6 Å². The molecule has 0 saturated carbocycles. The number of hydrogen-bond donors (Lipinski definition) is 1. The Morgan fingerprint density at radius 3 is 2.24 bits per heavy atom. The van der Waals surface area contributed by atoms with Gasteiger partial charge in [0.1, 0.15) is 5.75 Å². The van der Waals surface area contributed by atoms with Gasteiger partial charge in [-0.3, -0.25) is 4.79 Å². The number of hydrogen-bond acceptors (Lipinski definition) is 7. The number of halogens is 1. The van der Waals surface area contributed by atoms with Crippen LogP contribution in [-0.4, -0.2) is 70.8 Å². The van der Waals surface area contributed by atoms with Crippen LogP contribution in [0.5, 0.6) is 5.75 Å². The smallest absolute Gasteiger partial charge is 0.243 e. The molecule has 3 aromatic rings. The molecular weight excluding hydrogens is 590 g/mol. The fraction of sp³-hybridized carbons (Fsp3) is 0.321. The number of benzene rings is 3. The lowest BCUT2D eigenvalue weighted by Crippen LogP contribution is -2.40. The summed E-state index contributed by atoms with van der Waals surface area (Å²) in [5.41, 5.74) is 1.37. The highest BCUT2D eigenvalue weighted by molar-refractivity contribution is 7.89. The minimum Gasteiger partial charge on any atom is -0.492 e. The fourth-order valence-electron chi connectivity index (χ4n) is 4.21. The molecular formula is C28H32ClN3O7S2. The molecule has 1 N–H and O–H groups in total. The lowest BCUT2D eigenvalue weighted by Gasteiger charge is -2.26. The summed E-state index contributed by atoms with van der Waals surface area (Å²) in [6.07, 6.45) is 0. The van der Waals surface area contributed by atoms with Crippen molar-refractivity contribution >= 4 is 37.6 Å². The van der Waals surface area contributed by atoms with Gasteiger partial charge >= 0.3 is 0 Å². The Kier molecular flexibility index (Phi) is 10.4. The summed E-state index contributed by atoms with van der Waals surface area (Å²) in [6.45, 7) is 3.09. The molecule has 1 heterocycles. The predicted molar refractivity (Wildman–Crippen MR) is 155 cm³/mol. The minimum absolute atomic E-state index is 0.0322. The Labute approximate surface area is 245 Å². The summed E-state index contributed by atoms with van der Waals surface area (Å²) in [7, 11) is -7.74. The molecule has 0 bridgehead atoms. The van der Waals surface area contributed by atoms with Crippen molar-refractivity contribution in [3.8, 4) is 5.75 Å². The zero-order valence-electron chi connectivity index (χ0n) is 22.5. The molecule has 1 aliphatic heterocycles. The molecule has 1 fully saturated rings. The molecule has 13 heteroatoms. The topological polar surface area (TPSA) is 122 Å². The van der Waals surface area contributed by atoms with E-state index < -0.39 is 32.5 Å². The van der Waals surface area contributed by atoms with Gasteiger partial charge in [0.15, 0.2) is 0 Å². The normalized spacial score (nSPS) is 14.6. The number of carbonyl (C=O) groups is 1. The first-order valence-corrected chi connectivity index (χ1v) is 16.3. The van der Waals surface area contributed by atoms with Crippen molar-refractivity contribution in [1.82, 2.24) is 13.9 Å².